The Morgan fingerprint density at radius 1 is 1.31 bits per heavy atom. The van der Waals surface area contributed by atoms with Crippen molar-refractivity contribution in [2.75, 3.05) is 20.1 Å². The molecule has 1 heterocycles. The van der Waals surface area contributed by atoms with E-state index in [4.69, 9.17) is 0 Å². The fourth-order valence-electron chi connectivity index (χ4n) is 2.17. The van der Waals surface area contributed by atoms with Crippen LogP contribution in [0.1, 0.15) is 25.7 Å². The summed E-state index contributed by atoms with van der Waals surface area (Å²) in [6.07, 6.45) is 3.13. The third kappa shape index (κ3) is 2.22. The van der Waals surface area contributed by atoms with Gasteiger partial charge in [-0.15, -0.1) is 0 Å². The van der Waals surface area contributed by atoms with Gasteiger partial charge in [-0.25, -0.2) is 12.7 Å². The molecule has 1 saturated heterocycles. The first-order valence-corrected chi connectivity index (χ1v) is 7.26. The molecule has 1 aliphatic heterocycles. The van der Waals surface area contributed by atoms with Crippen molar-refractivity contribution in [2.24, 2.45) is 5.92 Å². The summed E-state index contributed by atoms with van der Waals surface area (Å²) >= 11 is 0. The van der Waals surface area contributed by atoms with Crippen LogP contribution in [0.4, 0.5) is 0 Å². The molecule has 0 unspecified atom stereocenters. The van der Waals surface area contributed by atoms with Gasteiger partial charge in [0.2, 0.25) is 15.9 Å². The fourth-order valence-corrected chi connectivity index (χ4v) is 4.09. The van der Waals surface area contributed by atoms with Gasteiger partial charge in [0, 0.05) is 20.1 Å². The van der Waals surface area contributed by atoms with Gasteiger partial charge < -0.3 is 5.32 Å². The van der Waals surface area contributed by atoms with Crippen molar-refractivity contribution in [1.29, 1.82) is 0 Å². The van der Waals surface area contributed by atoms with Crippen molar-refractivity contribution in [3.8, 4) is 0 Å². The third-order valence-electron chi connectivity index (χ3n) is 3.31. The molecule has 5 nitrogen and oxygen atoms in total. The van der Waals surface area contributed by atoms with Crippen LogP contribution in [0.5, 0.6) is 0 Å². The third-order valence-corrected chi connectivity index (χ3v) is 5.67. The van der Waals surface area contributed by atoms with Gasteiger partial charge in [-0.1, -0.05) is 0 Å². The van der Waals surface area contributed by atoms with E-state index in [1.165, 1.54) is 4.31 Å². The minimum absolute atomic E-state index is 0.0457. The molecule has 0 aromatic rings. The molecule has 2 rings (SSSR count). The highest BCUT2D eigenvalue weighted by Crippen LogP contribution is 2.33. The van der Waals surface area contributed by atoms with Crippen LogP contribution >= 0.6 is 0 Å². The molecule has 2 fully saturated rings. The van der Waals surface area contributed by atoms with E-state index in [2.05, 4.69) is 5.32 Å². The Hall–Kier alpha value is -0.620. The summed E-state index contributed by atoms with van der Waals surface area (Å²) in [7, 11) is -1.52. The number of nitrogens with zero attached hydrogens (tertiary/aromatic N) is 1. The van der Waals surface area contributed by atoms with Crippen LogP contribution in [0.25, 0.3) is 0 Å². The Morgan fingerprint density at radius 3 is 2.56 bits per heavy atom. The number of amides is 1. The Bertz CT molecular complexity index is 376. The smallest absolute Gasteiger partial charge is 0.224 e. The van der Waals surface area contributed by atoms with E-state index in [0.29, 0.717) is 13.1 Å². The number of rotatable bonds is 3. The lowest BCUT2D eigenvalue weighted by molar-refractivity contribution is -0.125. The van der Waals surface area contributed by atoms with Gasteiger partial charge in [0.25, 0.3) is 0 Å². The van der Waals surface area contributed by atoms with E-state index in [1.54, 1.807) is 7.05 Å². The van der Waals surface area contributed by atoms with Gasteiger partial charge in [0.05, 0.1) is 11.2 Å². The first kappa shape index (κ1) is 11.9. The van der Waals surface area contributed by atoms with Crippen LogP contribution in [0.3, 0.4) is 0 Å². The lowest BCUT2D eigenvalue weighted by Gasteiger charge is -2.30. The predicted molar refractivity (Wildman–Crippen MR) is 60.3 cm³/mol. The standard InChI is InChI=1S/C10H18N2O3S/c1-11-10(13)8-3-2-6-12(7-8)16(14,15)9-4-5-9/h8-9H,2-7H2,1H3,(H,11,13)/t8-/m0/s1. The molecule has 0 radical (unpaired) electrons. The number of hydrogen-bond donors (Lipinski definition) is 1. The number of nitrogens with one attached hydrogen (secondary N) is 1. The quantitative estimate of drug-likeness (QED) is 0.758. The van der Waals surface area contributed by atoms with Crippen LogP contribution in [0.2, 0.25) is 0 Å². The molecular formula is C10H18N2O3S. The average molecular weight is 246 g/mol. The zero-order valence-corrected chi connectivity index (χ0v) is 10.3. The SMILES string of the molecule is CNC(=O)[C@H]1CCCN(S(=O)(=O)C2CC2)C1. The molecule has 2 aliphatic rings. The van der Waals surface area contributed by atoms with E-state index in [9.17, 15) is 13.2 Å². The fraction of sp³-hybridized carbons (Fsp3) is 0.900. The van der Waals surface area contributed by atoms with Crippen LogP contribution in [0.15, 0.2) is 0 Å². The molecule has 92 valence electrons. The summed E-state index contributed by atoms with van der Waals surface area (Å²) in [4.78, 5) is 11.5. The molecule has 16 heavy (non-hydrogen) atoms. The minimum Gasteiger partial charge on any atom is -0.359 e. The van der Waals surface area contributed by atoms with E-state index < -0.39 is 10.0 Å². The summed E-state index contributed by atoms with van der Waals surface area (Å²) < 4.78 is 25.5. The van der Waals surface area contributed by atoms with Crippen LogP contribution in [0, 0.1) is 5.92 Å². The highest BCUT2D eigenvalue weighted by atomic mass is 32.2. The largest absolute Gasteiger partial charge is 0.359 e. The van der Waals surface area contributed by atoms with E-state index >= 15 is 0 Å². The van der Waals surface area contributed by atoms with E-state index in [-0.39, 0.29) is 17.1 Å². The molecule has 0 bridgehead atoms. The Kier molecular flexibility index (Phi) is 3.21. The summed E-state index contributed by atoms with van der Waals surface area (Å²) in [6, 6.07) is 0. The van der Waals surface area contributed by atoms with E-state index in [0.717, 1.165) is 25.7 Å². The summed E-state index contributed by atoms with van der Waals surface area (Å²) in [5.41, 5.74) is 0. The van der Waals surface area contributed by atoms with Crippen LogP contribution in [-0.2, 0) is 14.8 Å². The van der Waals surface area contributed by atoms with Gasteiger partial charge in [0.1, 0.15) is 0 Å². The second-order valence-electron chi connectivity index (χ2n) is 4.56. The predicted octanol–water partition coefficient (Wildman–Crippen LogP) is -0.0634. The second kappa shape index (κ2) is 4.33. The Morgan fingerprint density at radius 2 is 2.00 bits per heavy atom. The number of piperidine rings is 1. The highest BCUT2D eigenvalue weighted by molar-refractivity contribution is 7.90. The molecule has 0 aromatic heterocycles. The normalized spacial score (nSPS) is 27.7. The summed E-state index contributed by atoms with van der Waals surface area (Å²) in [5.74, 6) is -0.219. The topological polar surface area (TPSA) is 66.5 Å². The molecule has 1 aliphatic carbocycles. The number of hydrogen-bond acceptors (Lipinski definition) is 3. The Balaban J connectivity index is 2.04. The first-order valence-electron chi connectivity index (χ1n) is 5.76. The molecule has 1 atom stereocenters. The number of carbonyl (C=O) groups is 1. The van der Waals surface area contributed by atoms with Crippen molar-refractivity contribution in [3.63, 3.8) is 0 Å². The summed E-state index contributed by atoms with van der Waals surface area (Å²) in [6.45, 7) is 0.935. The van der Waals surface area contributed by atoms with Gasteiger partial charge in [-0.2, -0.15) is 0 Å². The molecule has 0 spiro atoms. The molecule has 1 saturated carbocycles. The number of sulfonamides is 1. The van der Waals surface area contributed by atoms with Gasteiger partial charge in [0.15, 0.2) is 0 Å². The van der Waals surface area contributed by atoms with E-state index in [1.807, 2.05) is 0 Å². The van der Waals surface area contributed by atoms with Crippen molar-refractivity contribution >= 4 is 15.9 Å². The zero-order chi connectivity index (χ0) is 11.8. The molecule has 0 aromatic carbocycles. The van der Waals surface area contributed by atoms with Crippen molar-refractivity contribution < 1.29 is 13.2 Å². The second-order valence-corrected chi connectivity index (χ2v) is 6.77. The lowest BCUT2D eigenvalue weighted by atomic mass is 9.99. The summed E-state index contributed by atoms with van der Waals surface area (Å²) in [5, 5.41) is 2.42. The molecular weight excluding hydrogens is 228 g/mol. The van der Waals surface area contributed by atoms with Gasteiger partial charge in [-0.05, 0) is 25.7 Å². The van der Waals surface area contributed by atoms with Gasteiger partial charge in [-0.3, -0.25) is 4.79 Å². The van der Waals surface area contributed by atoms with Crippen molar-refractivity contribution in [1.82, 2.24) is 9.62 Å². The molecule has 1 amide bonds. The lowest BCUT2D eigenvalue weighted by Crippen LogP contribution is -2.45. The van der Waals surface area contributed by atoms with Crippen LogP contribution < -0.4 is 5.32 Å². The number of carbonyl (C=O) groups excluding carboxylic acids is 1. The monoisotopic (exact) mass is 246 g/mol. The Labute approximate surface area is 96.2 Å². The average Bonchev–Trinajstić information content (AvgIpc) is 3.12. The maximum atomic E-state index is 12.0. The maximum absolute atomic E-state index is 12.0. The first-order chi connectivity index (χ1) is 7.55. The maximum Gasteiger partial charge on any atom is 0.224 e. The van der Waals surface area contributed by atoms with Crippen molar-refractivity contribution in [3.05, 3.63) is 0 Å². The molecule has 1 N–H and O–H groups in total. The zero-order valence-electron chi connectivity index (χ0n) is 9.48. The van der Waals surface area contributed by atoms with Crippen molar-refractivity contribution in [2.45, 2.75) is 30.9 Å². The minimum atomic E-state index is -3.11. The molecule has 6 heteroatoms. The van der Waals surface area contributed by atoms with Crippen LogP contribution in [-0.4, -0.2) is 44.0 Å². The van der Waals surface area contributed by atoms with Gasteiger partial charge >= 0.3 is 0 Å². The highest BCUT2D eigenvalue weighted by Gasteiger charge is 2.42.